The first-order chi connectivity index (χ1) is 14.5. The molecule has 7 heteroatoms. The average molecular weight is 425 g/mol. The molecule has 2 heterocycles. The first-order valence-corrected chi connectivity index (χ1v) is 10.7. The molecule has 2 aromatic rings. The van der Waals surface area contributed by atoms with Gasteiger partial charge in [0, 0.05) is 43.4 Å². The van der Waals surface area contributed by atoms with Crippen molar-refractivity contribution in [3.8, 4) is 0 Å². The van der Waals surface area contributed by atoms with Gasteiger partial charge < -0.3 is 15.5 Å². The van der Waals surface area contributed by atoms with E-state index in [4.69, 9.17) is 16.6 Å². The Morgan fingerprint density at radius 1 is 1.03 bits per heavy atom. The van der Waals surface area contributed by atoms with E-state index in [9.17, 15) is 0 Å². The van der Waals surface area contributed by atoms with E-state index in [1.165, 1.54) is 5.56 Å². The van der Waals surface area contributed by atoms with Crippen molar-refractivity contribution in [1.82, 2.24) is 20.4 Å². The van der Waals surface area contributed by atoms with Crippen LogP contribution in [0.15, 0.2) is 71.5 Å². The van der Waals surface area contributed by atoms with Crippen LogP contribution in [0.1, 0.15) is 12.5 Å². The van der Waals surface area contributed by atoms with Gasteiger partial charge in [-0.25, -0.2) is 0 Å². The van der Waals surface area contributed by atoms with Crippen LogP contribution < -0.4 is 16.0 Å². The number of anilines is 1. The fourth-order valence-corrected chi connectivity index (χ4v) is 3.83. The minimum Gasteiger partial charge on any atom is -0.340 e. The van der Waals surface area contributed by atoms with Gasteiger partial charge in [0.1, 0.15) is 11.5 Å². The van der Waals surface area contributed by atoms with E-state index in [2.05, 4.69) is 69.1 Å². The first-order valence-electron chi connectivity index (χ1n) is 10.4. The monoisotopic (exact) mass is 424 g/mol. The second kappa shape index (κ2) is 9.08. The standard InChI is InChI=1S/C23H29ClN6/c1-23(25-2)16-21(26-20-10-8-19(24)9-11-20)27-22(28-23)30-14-12-29(13-15-30)17-18-6-4-3-5-7-18/h3-11,16,25-26H,12-15,17H2,1-2H3,(H,27,28). The van der Waals surface area contributed by atoms with Crippen LogP contribution in [0.5, 0.6) is 0 Å². The van der Waals surface area contributed by atoms with E-state index in [1.807, 2.05) is 31.3 Å². The summed E-state index contributed by atoms with van der Waals surface area (Å²) in [6, 6.07) is 18.3. The molecule has 0 amide bonds. The second-order valence-electron chi connectivity index (χ2n) is 7.92. The molecule has 2 aliphatic heterocycles. The summed E-state index contributed by atoms with van der Waals surface area (Å²) in [6.07, 6.45) is 2.07. The summed E-state index contributed by atoms with van der Waals surface area (Å²) in [5.74, 6) is 1.71. The zero-order valence-electron chi connectivity index (χ0n) is 17.5. The SMILES string of the molecule is CNC1(C)C=C(Nc2ccc(Cl)cc2)N=C(N2CCN(Cc3ccccc3)CC2)N1. The smallest absolute Gasteiger partial charge is 0.202 e. The number of hydrogen-bond donors (Lipinski definition) is 3. The number of piperazine rings is 1. The Balaban J connectivity index is 1.43. The third-order valence-corrected chi connectivity index (χ3v) is 5.83. The lowest BCUT2D eigenvalue weighted by Crippen LogP contribution is -2.62. The summed E-state index contributed by atoms with van der Waals surface area (Å²) in [5.41, 5.74) is 1.94. The Labute approximate surface area is 183 Å². The number of nitrogens with one attached hydrogen (secondary N) is 3. The lowest BCUT2D eigenvalue weighted by atomic mass is 10.1. The predicted octanol–water partition coefficient (Wildman–Crippen LogP) is 3.31. The summed E-state index contributed by atoms with van der Waals surface area (Å²) >= 11 is 6.01. The minimum atomic E-state index is -0.382. The van der Waals surface area contributed by atoms with E-state index in [1.54, 1.807) is 0 Å². The molecule has 2 aromatic carbocycles. The zero-order chi connectivity index (χ0) is 21.0. The van der Waals surface area contributed by atoms with Gasteiger partial charge in [0.05, 0.1) is 0 Å². The Morgan fingerprint density at radius 2 is 1.73 bits per heavy atom. The normalized spacial score (nSPS) is 22.2. The molecule has 1 fully saturated rings. The molecule has 1 saturated heterocycles. The van der Waals surface area contributed by atoms with Gasteiger partial charge in [0.25, 0.3) is 0 Å². The fourth-order valence-electron chi connectivity index (χ4n) is 3.71. The highest BCUT2D eigenvalue weighted by Gasteiger charge is 2.30. The van der Waals surface area contributed by atoms with Crippen molar-refractivity contribution >= 4 is 23.2 Å². The van der Waals surface area contributed by atoms with Crippen molar-refractivity contribution in [1.29, 1.82) is 0 Å². The molecule has 0 aromatic heterocycles. The number of benzene rings is 2. The molecule has 0 radical (unpaired) electrons. The first kappa shape index (κ1) is 20.7. The van der Waals surface area contributed by atoms with Crippen molar-refractivity contribution in [2.24, 2.45) is 4.99 Å². The van der Waals surface area contributed by atoms with Crippen molar-refractivity contribution in [3.05, 3.63) is 77.1 Å². The highest BCUT2D eigenvalue weighted by atomic mass is 35.5. The second-order valence-corrected chi connectivity index (χ2v) is 8.36. The molecular weight excluding hydrogens is 396 g/mol. The van der Waals surface area contributed by atoms with Gasteiger partial charge in [-0.1, -0.05) is 41.9 Å². The molecule has 0 saturated carbocycles. The highest BCUT2D eigenvalue weighted by Crippen LogP contribution is 2.20. The third kappa shape index (κ3) is 5.14. The van der Waals surface area contributed by atoms with Crippen LogP contribution in [-0.2, 0) is 6.54 Å². The molecule has 158 valence electrons. The summed E-state index contributed by atoms with van der Waals surface area (Å²) < 4.78 is 0. The summed E-state index contributed by atoms with van der Waals surface area (Å²) in [6.45, 7) is 6.99. The van der Waals surface area contributed by atoms with E-state index in [0.717, 1.165) is 55.2 Å². The number of nitrogens with zero attached hydrogens (tertiary/aromatic N) is 3. The number of rotatable bonds is 5. The maximum absolute atomic E-state index is 6.01. The quantitative estimate of drug-likeness (QED) is 0.687. The Kier molecular flexibility index (Phi) is 6.27. The lowest BCUT2D eigenvalue weighted by Gasteiger charge is -2.41. The van der Waals surface area contributed by atoms with Crippen molar-refractivity contribution in [3.63, 3.8) is 0 Å². The highest BCUT2D eigenvalue weighted by molar-refractivity contribution is 6.30. The number of halogens is 1. The molecule has 2 aliphatic rings. The summed E-state index contributed by atoms with van der Waals surface area (Å²) in [7, 11) is 1.95. The van der Waals surface area contributed by atoms with E-state index in [-0.39, 0.29) is 5.66 Å². The van der Waals surface area contributed by atoms with E-state index < -0.39 is 0 Å². The Hall–Kier alpha value is -2.54. The summed E-state index contributed by atoms with van der Waals surface area (Å²) in [5, 5.41) is 11.0. The van der Waals surface area contributed by atoms with Crippen LogP contribution in [0.3, 0.4) is 0 Å². The third-order valence-electron chi connectivity index (χ3n) is 5.58. The largest absolute Gasteiger partial charge is 0.340 e. The fraction of sp³-hybridized carbons (Fsp3) is 0.348. The maximum Gasteiger partial charge on any atom is 0.202 e. The molecule has 4 rings (SSSR count). The van der Waals surface area contributed by atoms with Crippen molar-refractivity contribution in [2.75, 3.05) is 38.5 Å². The van der Waals surface area contributed by atoms with Gasteiger partial charge in [-0.3, -0.25) is 10.2 Å². The Morgan fingerprint density at radius 3 is 2.40 bits per heavy atom. The topological polar surface area (TPSA) is 54.9 Å². The predicted molar refractivity (Wildman–Crippen MR) is 124 cm³/mol. The number of aliphatic imine (C=N–C) groups is 1. The van der Waals surface area contributed by atoms with Crippen LogP contribution in [0, 0.1) is 0 Å². The molecule has 30 heavy (non-hydrogen) atoms. The van der Waals surface area contributed by atoms with E-state index >= 15 is 0 Å². The van der Waals surface area contributed by atoms with Crippen LogP contribution >= 0.6 is 11.6 Å². The van der Waals surface area contributed by atoms with Crippen molar-refractivity contribution in [2.45, 2.75) is 19.1 Å². The van der Waals surface area contributed by atoms with Gasteiger partial charge in [0.2, 0.25) is 5.96 Å². The van der Waals surface area contributed by atoms with Crippen molar-refractivity contribution < 1.29 is 0 Å². The van der Waals surface area contributed by atoms with Gasteiger partial charge in [-0.05, 0) is 49.9 Å². The zero-order valence-corrected chi connectivity index (χ0v) is 18.3. The van der Waals surface area contributed by atoms with Gasteiger partial charge in [-0.15, -0.1) is 0 Å². The van der Waals surface area contributed by atoms with Crippen LogP contribution in [0.25, 0.3) is 0 Å². The van der Waals surface area contributed by atoms with Gasteiger partial charge >= 0.3 is 0 Å². The molecule has 1 unspecified atom stereocenters. The lowest BCUT2D eigenvalue weighted by molar-refractivity contribution is 0.170. The maximum atomic E-state index is 6.01. The van der Waals surface area contributed by atoms with E-state index in [0.29, 0.717) is 0 Å². The molecular formula is C23H29ClN6. The van der Waals surface area contributed by atoms with Crippen LogP contribution in [0.2, 0.25) is 5.02 Å². The van der Waals surface area contributed by atoms with Crippen LogP contribution in [-0.4, -0.2) is 54.6 Å². The van der Waals surface area contributed by atoms with Gasteiger partial charge in [-0.2, -0.15) is 4.99 Å². The van der Waals surface area contributed by atoms with Crippen LogP contribution in [0.4, 0.5) is 5.69 Å². The summed E-state index contributed by atoms with van der Waals surface area (Å²) in [4.78, 5) is 9.69. The molecule has 0 bridgehead atoms. The molecule has 1 atom stereocenters. The number of hydrogen-bond acceptors (Lipinski definition) is 6. The molecule has 0 spiro atoms. The minimum absolute atomic E-state index is 0.382. The average Bonchev–Trinajstić information content (AvgIpc) is 2.76. The Bertz CT molecular complexity index is 903. The van der Waals surface area contributed by atoms with Gasteiger partial charge in [0.15, 0.2) is 0 Å². The molecule has 3 N–H and O–H groups in total. The molecule has 6 nitrogen and oxygen atoms in total. The number of likely N-dealkylation sites (N-methyl/N-ethyl adjacent to an activating group) is 1. The number of guanidine groups is 1. The molecule has 0 aliphatic carbocycles.